The minimum Gasteiger partial charge on any atom is -0.383 e. The summed E-state index contributed by atoms with van der Waals surface area (Å²) in [6, 6.07) is 11.4. The number of amides is 1. The highest BCUT2D eigenvalue weighted by atomic mass is 16.3. The van der Waals surface area contributed by atoms with Crippen LogP contribution >= 0.6 is 0 Å². The van der Waals surface area contributed by atoms with E-state index in [1.807, 2.05) is 30.3 Å². The van der Waals surface area contributed by atoms with Crippen LogP contribution in [0.1, 0.15) is 5.69 Å². The van der Waals surface area contributed by atoms with E-state index >= 15 is 0 Å². The molecule has 4 nitrogen and oxygen atoms in total. The van der Waals surface area contributed by atoms with Crippen molar-refractivity contribution in [1.29, 1.82) is 0 Å². The van der Waals surface area contributed by atoms with Crippen LogP contribution in [0.3, 0.4) is 0 Å². The number of carbonyl (C=O) groups is 1. The van der Waals surface area contributed by atoms with Crippen LogP contribution in [0.4, 0.5) is 0 Å². The summed E-state index contributed by atoms with van der Waals surface area (Å²) in [4.78, 5) is 15.0. The van der Waals surface area contributed by atoms with Gasteiger partial charge in [0.2, 0.25) is 5.91 Å². The number of hydrogen-bond donors (Lipinski definition) is 2. The highest BCUT2D eigenvalue weighted by molar-refractivity contribution is 5.80. The van der Waals surface area contributed by atoms with Gasteiger partial charge in [-0.25, -0.2) is 0 Å². The second-order valence-corrected chi connectivity index (χ2v) is 3.62. The van der Waals surface area contributed by atoms with Crippen LogP contribution < -0.4 is 5.73 Å². The number of aliphatic hydroxyl groups is 1. The summed E-state index contributed by atoms with van der Waals surface area (Å²) in [6.45, 7) is 0. The molecule has 0 saturated carbocycles. The Morgan fingerprint density at radius 3 is 2.81 bits per heavy atom. The number of rotatable bonds is 3. The smallest absolute Gasteiger partial charge is 0.246 e. The van der Waals surface area contributed by atoms with E-state index in [0.717, 1.165) is 10.9 Å². The third kappa shape index (κ3) is 2.17. The van der Waals surface area contributed by atoms with Gasteiger partial charge in [-0.15, -0.1) is 0 Å². The van der Waals surface area contributed by atoms with Crippen LogP contribution in [0, 0.1) is 0 Å². The van der Waals surface area contributed by atoms with Gasteiger partial charge in [-0.3, -0.25) is 9.78 Å². The first-order chi connectivity index (χ1) is 7.66. The summed E-state index contributed by atoms with van der Waals surface area (Å²) in [6.07, 6.45) is -1.02. The van der Waals surface area contributed by atoms with Crippen LogP contribution in [0.25, 0.3) is 10.9 Å². The van der Waals surface area contributed by atoms with Gasteiger partial charge >= 0.3 is 0 Å². The molecule has 1 unspecified atom stereocenters. The third-order valence-electron chi connectivity index (χ3n) is 2.39. The first-order valence-corrected chi connectivity index (χ1v) is 4.99. The standard InChI is InChI=1S/C12H12N2O2/c13-12(16)11(15)7-9-6-5-8-3-1-2-4-10(8)14-9/h1-6,11,15H,7H2,(H2,13,16). The molecule has 16 heavy (non-hydrogen) atoms. The molecular weight excluding hydrogens is 204 g/mol. The summed E-state index contributed by atoms with van der Waals surface area (Å²) >= 11 is 0. The quantitative estimate of drug-likeness (QED) is 0.789. The molecule has 0 radical (unpaired) electrons. The molecule has 1 aromatic heterocycles. The largest absolute Gasteiger partial charge is 0.383 e. The van der Waals surface area contributed by atoms with Gasteiger partial charge in [0.05, 0.1) is 5.52 Å². The lowest BCUT2D eigenvalue weighted by atomic mass is 10.1. The number of benzene rings is 1. The molecule has 0 aliphatic rings. The molecule has 0 aliphatic heterocycles. The predicted molar refractivity (Wildman–Crippen MR) is 60.6 cm³/mol. The fraction of sp³-hybridized carbons (Fsp3) is 0.167. The fourth-order valence-electron chi connectivity index (χ4n) is 1.52. The first kappa shape index (κ1) is 10.6. The summed E-state index contributed by atoms with van der Waals surface area (Å²) in [5.74, 6) is -0.727. The molecule has 0 aliphatic carbocycles. The Morgan fingerprint density at radius 1 is 1.31 bits per heavy atom. The van der Waals surface area contributed by atoms with Gasteiger partial charge in [0.1, 0.15) is 6.10 Å². The summed E-state index contributed by atoms with van der Waals surface area (Å²) in [7, 11) is 0. The molecule has 0 saturated heterocycles. The molecule has 82 valence electrons. The zero-order valence-corrected chi connectivity index (χ0v) is 8.63. The van der Waals surface area contributed by atoms with Crippen LogP contribution in [-0.4, -0.2) is 22.1 Å². The maximum atomic E-state index is 10.7. The summed E-state index contributed by atoms with van der Waals surface area (Å²) in [5.41, 5.74) is 6.48. The second kappa shape index (κ2) is 4.28. The number of carbonyl (C=O) groups excluding carboxylic acids is 1. The van der Waals surface area contributed by atoms with Gasteiger partial charge in [0.15, 0.2) is 0 Å². The number of pyridine rings is 1. The Kier molecular flexibility index (Phi) is 2.83. The highest BCUT2D eigenvalue weighted by Gasteiger charge is 2.12. The van der Waals surface area contributed by atoms with E-state index in [0.29, 0.717) is 5.69 Å². The van der Waals surface area contributed by atoms with Crippen LogP contribution in [-0.2, 0) is 11.2 Å². The average molecular weight is 216 g/mol. The Labute approximate surface area is 92.7 Å². The number of nitrogens with two attached hydrogens (primary N) is 1. The van der Waals surface area contributed by atoms with Gasteiger partial charge in [-0.2, -0.15) is 0 Å². The van der Waals surface area contributed by atoms with E-state index in [-0.39, 0.29) is 6.42 Å². The molecule has 1 heterocycles. The van der Waals surface area contributed by atoms with E-state index in [4.69, 9.17) is 5.73 Å². The van der Waals surface area contributed by atoms with Crippen molar-refractivity contribution >= 4 is 16.8 Å². The van der Waals surface area contributed by atoms with Crippen molar-refractivity contribution in [2.45, 2.75) is 12.5 Å². The fourth-order valence-corrected chi connectivity index (χ4v) is 1.52. The molecule has 0 spiro atoms. The second-order valence-electron chi connectivity index (χ2n) is 3.62. The molecule has 1 atom stereocenters. The highest BCUT2D eigenvalue weighted by Crippen LogP contribution is 2.12. The lowest BCUT2D eigenvalue weighted by molar-refractivity contribution is -0.125. The molecule has 0 fully saturated rings. The molecule has 2 aromatic rings. The first-order valence-electron chi connectivity index (χ1n) is 4.99. The molecule has 2 rings (SSSR count). The van der Waals surface area contributed by atoms with E-state index in [2.05, 4.69) is 4.98 Å². The van der Waals surface area contributed by atoms with Gasteiger partial charge in [-0.05, 0) is 12.1 Å². The normalized spacial score (nSPS) is 12.6. The van der Waals surface area contributed by atoms with E-state index in [1.165, 1.54) is 0 Å². The number of para-hydroxylation sites is 1. The summed E-state index contributed by atoms with van der Waals surface area (Å²) in [5, 5.41) is 10.4. The molecular formula is C12H12N2O2. The Bertz CT molecular complexity index is 525. The molecule has 3 N–H and O–H groups in total. The third-order valence-corrected chi connectivity index (χ3v) is 2.39. The minimum atomic E-state index is -1.17. The van der Waals surface area contributed by atoms with Crippen molar-refractivity contribution in [2.24, 2.45) is 5.73 Å². The van der Waals surface area contributed by atoms with Crippen molar-refractivity contribution in [3.8, 4) is 0 Å². The number of fused-ring (bicyclic) bond motifs is 1. The number of nitrogens with zero attached hydrogens (tertiary/aromatic N) is 1. The lowest BCUT2D eigenvalue weighted by Gasteiger charge is -2.06. The number of aliphatic hydroxyl groups excluding tert-OH is 1. The van der Waals surface area contributed by atoms with E-state index in [9.17, 15) is 9.90 Å². The molecule has 1 amide bonds. The zero-order valence-electron chi connectivity index (χ0n) is 8.63. The van der Waals surface area contributed by atoms with E-state index < -0.39 is 12.0 Å². The van der Waals surface area contributed by atoms with Crippen LogP contribution in [0.2, 0.25) is 0 Å². The monoisotopic (exact) mass is 216 g/mol. The van der Waals surface area contributed by atoms with Gasteiger partial charge < -0.3 is 10.8 Å². The van der Waals surface area contributed by atoms with Gasteiger partial charge in [0.25, 0.3) is 0 Å². The number of aromatic nitrogens is 1. The average Bonchev–Trinajstić information content (AvgIpc) is 2.28. The van der Waals surface area contributed by atoms with Crippen LogP contribution in [0.15, 0.2) is 36.4 Å². The molecule has 0 bridgehead atoms. The maximum Gasteiger partial charge on any atom is 0.246 e. The van der Waals surface area contributed by atoms with E-state index in [1.54, 1.807) is 6.07 Å². The van der Waals surface area contributed by atoms with Gasteiger partial charge in [-0.1, -0.05) is 24.3 Å². The van der Waals surface area contributed by atoms with Crippen LogP contribution in [0.5, 0.6) is 0 Å². The van der Waals surface area contributed by atoms with Crippen molar-refractivity contribution in [3.05, 3.63) is 42.1 Å². The number of hydrogen-bond acceptors (Lipinski definition) is 3. The number of primary amides is 1. The van der Waals surface area contributed by atoms with Crippen molar-refractivity contribution in [2.75, 3.05) is 0 Å². The molecule has 4 heteroatoms. The van der Waals surface area contributed by atoms with Crippen molar-refractivity contribution < 1.29 is 9.90 Å². The molecule has 1 aromatic carbocycles. The Hall–Kier alpha value is -1.94. The maximum absolute atomic E-state index is 10.7. The summed E-state index contributed by atoms with van der Waals surface area (Å²) < 4.78 is 0. The SMILES string of the molecule is NC(=O)C(O)Cc1ccc2ccccc2n1. The Morgan fingerprint density at radius 2 is 2.06 bits per heavy atom. The van der Waals surface area contributed by atoms with Crippen molar-refractivity contribution in [3.63, 3.8) is 0 Å². The topological polar surface area (TPSA) is 76.2 Å². The zero-order chi connectivity index (χ0) is 11.5. The minimum absolute atomic E-state index is 0.153. The van der Waals surface area contributed by atoms with Crippen molar-refractivity contribution in [1.82, 2.24) is 4.98 Å². The predicted octanol–water partition coefficient (Wildman–Crippen LogP) is 0.623. The Balaban J connectivity index is 2.29. The lowest BCUT2D eigenvalue weighted by Crippen LogP contribution is -2.30. The van der Waals surface area contributed by atoms with Gasteiger partial charge in [0, 0.05) is 17.5 Å².